The molecule has 0 saturated heterocycles. The molecular formula is C15H12Cl2NO2. The summed E-state index contributed by atoms with van der Waals surface area (Å²) in [6.07, 6.45) is 0.717. The van der Waals surface area contributed by atoms with Crippen LogP contribution in [0.15, 0.2) is 36.4 Å². The molecule has 0 aromatic heterocycles. The molecule has 3 nitrogen and oxygen atoms in total. The van der Waals surface area contributed by atoms with Gasteiger partial charge < -0.3 is 0 Å². The molecule has 103 valence electrons. The van der Waals surface area contributed by atoms with Gasteiger partial charge in [-0.25, -0.2) is 0 Å². The van der Waals surface area contributed by atoms with Crippen molar-refractivity contribution in [2.75, 3.05) is 0 Å². The van der Waals surface area contributed by atoms with Crippen molar-refractivity contribution in [3.05, 3.63) is 73.8 Å². The molecule has 1 radical (unpaired) electrons. The van der Waals surface area contributed by atoms with Crippen molar-refractivity contribution in [3.8, 4) is 0 Å². The smallest absolute Gasteiger partial charge is 0.258 e. The number of nitro benzene ring substituents is 1. The Bertz CT molecular complexity index is 626. The summed E-state index contributed by atoms with van der Waals surface area (Å²) in [5.41, 5.74) is 1.96. The monoisotopic (exact) mass is 308 g/mol. The number of hydrogen-bond donors (Lipinski definition) is 0. The molecule has 0 unspecified atom stereocenters. The highest BCUT2D eigenvalue weighted by molar-refractivity contribution is 6.42. The lowest BCUT2D eigenvalue weighted by molar-refractivity contribution is -0.384. The normalized spacial score (nSPS) is 12.2. The summed E-state index contributed by atoms with van der Waals surface area (Å²) in [4.78, 5) is 10.2. The van der Waals surface area contributed by atoms with Crippen LogP contribution in [0.1, 0.15) is 24.0 Å². The fourth-order valence-corrected chi connectivity index (χ4v) is 2.51. The Morgan fingerprint density at radius 1 is 1.25 bits per heavy atom. The Kier molecular flexibility index (Phi) is 4.63. The average Bonchev–Trinajstić information content (AvgIpc) is 2.42. The van der Waals surface area contributed by atoms with Gasteiger partial charge in [0.25, 0.3) is 5.69 Å². The van der Waals surface area contributed by atoms with Crippen LogP contribution in [0, 0.1) is 16.2 Å². The molecule has 0 heterocycles. The van der Waals surface area contributed by atoms with Gasteiger partial charge in [-0.05, 0) is 35.6 Å². The van der Waals surface area contributed by atoms with Gasteiger partial charge in [0.15, 0.2) is 0 Å². The summed E-state index contributed by atoms with van der Waals surface area (Å²) < 4.78 is 0. The van der Waals surface area contributed by atoms with Gasteiger partial charge in [0, 0.05) is 12.1 Å². The highest BCUT2D eigenvalue weighted by Gasteiger charge is 2.13. The van der Waals surface area contributed by atoms with Crippen molar-refractivity contribution in [2.45, 2.75) is 19.3 Å². The molecule has 0 amide bonds. The van der Waals surface area contributed by atoms with Crippen molar-refractivity contribution in [1.29, 1.82) is 0 Å². The lowest BCUT2D eigenvalue weighted by Crippen LogP contribution is -2.00. The van der Waals surface area contributed by atoms with E-state index in [9.17, 15) is 10.1 Å². The van der Waals surface area contributed by atoms with Gasteiger partial charge in [-0.15, -0.1) is 0 Å². The molecule has 0 aliphatic heterocycles. The Morgan fingerprint density at radius 2 is 1.90 bits per heavy atom. The third-order valence-electron chi connectivity index (χ3n) is 3.10. The molecule has 20 heavy (non-hydrogen) atoms. The van der Waals surface area contributed by atoms with Crippen molar-refractivity contribution < 1.29 is 4.92 Å². The van der Waals surface area contributed by atoms with Gasteiger partial charge in [0.2, 0.25) is 0 Å². The minimum atomic E-state index is -0.408. The number of benzene rings is 2. The largest absolute Gasteiger partial charge is 0.269 e. The standard InChI is InChI=1S/C15H12Cl2NO2/c1-10(13-3-2-4-14(16)15(13)17)9-11-5-7-12(8-6-11)18(19)20/h2,4-8,10H,9H2,1H3/t10-/m1/s1. The van der Waals surface area contributed by atoms with E-state index in [0.717, 1.165) is 11.1 Å². The highest BCUT2D eigenvalue weighted by Crippen LogP contribution is 2.32. The first-order valence-electron chi connectivity index (χ1n) is 6.08. The van der Waals surface area contributed by atoms with Gasteiger partial charge >= 0.3 is 0 Å². The molecular weight excluding hydrogens is 297 g/mol. The lowest BCUT2D eigenvalue weighted by Gasteiger charge is -2.14. The molecule has 0 aliphatic rings. The van der Waals surface area contributed by atoms with E-state index in [1.807, 2.05) is 6.92 Å². The van der Waals surface area contributed by atoms with E-state index >= 15 is 0 Å². The zero-order chi connectivity index (χ0) is 14.7. The third-order valence-corrected chi connectivity index (χ3v) is 3.92. The summed E-state index contributed by atoms with van der Waals surface area (Å²) in [6.45, 7) is 2.02. The predicted molar refractivity (Wildman–Crippen MR) is 80.5 cm³/mol. The number of nitrogens with zero attached hydrogens (tertiary/aromatic N) is 1. The maximum Gasteiger partial charge on any atom is 0.269 e. The molecule has 2 aromatic rings. The van der Waals surface area contributed by atoms with Crippen LogP contribution in [-0.4, -0.2) is 4.92 Å². The second-order valence-corrected chi connectivity index (χ2v) is 5.37. The number of halogens is 2. The van der Waals surface area contributed by atoms with E-state index in [1.165, 1.54) is 12.1 Å². The van der Waals surface area contributed by atoms with E-state index < -0.39 is 4.92 Å². The molecule has 0 saturated carbocycles. The maximum absolute atomic E-state index is 10.6. The molecule has 0 aliphatic carbocycles. The van der Waals surface area contributed by atoms with Crippen LogP contribution in [0.2, 0.25) is 10.0 Å². The molecule has 2 aromatic carbocycles. The summed E-state index contributed by atoms with van der Waals surface area (Å²) >= 11 is 12.2. The average molecular weight is 309 g/mol. The van der Waals surface area contributed by atoms with E-state index in [2.05, 4.69) is 6.07 Å². The number of non-ortho nitro benzene ring substituents is 1. The van der Waals surface area contributed by atoms with E-state index in [4.69, 9.17) is 23.2 Å². The van der Waals surface area contributed by atoms with E-state index in [-0.39, 0.29) is 11.6 Å². The number of rotatable bonds is 4. The SMILES string of the molecule is C[C@H](Cc1ccc([N+](=O)[O-])cc1)c1[c]ccc(Cl)c1Cl. The van der Waals surface area contributed by atoms with E-state index in [0.29, 0.717) is 16.5 Å². The zero-order valence-electron chi connectivity index (χ0n) is 10.8. The summed E-state index contributed by atoms with van der Waals surface area (Å²) in [7, 11) is 0. The van der Waals surface area contributed by atoms with Crippen molar-refractivity contribution in [1.82, 2.24) is 0 Å². The summed E-state index contributed by atoms with van der Waals surface area (Å²) in [5.74, 6) is 0.127. The minimum Gasteiger partial charge on any atom is -0.258 e. The molecule has 0 N–H and O–H groups in total. The Morgan fingerprint density at radius 3 is 2.50 bits per heavy atom. The van der Waals surface area contributed by atoms with Gasteiger partial charge in [-0.1, -0.05) is 48.3 Å². The zero-order valence-corrected chi connectivity index (χ0v) is 12.3. The quantitative estimate of drug-likeness (QED) is 0.586. The van der Waals surface area contributed by atoms with Crippen LogP contribution >= 0.6 is 23.2 Å². The van der Waals surface area contributed by atoms with Crippen LogP contribution in [0.3, 0.4) is 0 Å². The maximum atomic E-state index is 10.6. The molecule has 2 rings (SSSR count). The fourth-order valence-electron chi connectivity index (χ4n) is 2.04. The number of hydrogen-bond acceptors (Lipinski definition) is 2. The van der Waals surface area contributed by atoms with Crippen LogP contribution in [0.25, 0.3) is 0 Å². The second kappa shape index (κ2) is 6.25. The van der Waals surface area contributed by atoms with Gasteiger partial charge in [-0.3, -0.25) is 10.1 Å². The predicted octanol–water partition coefficient (Wildman–Crippen LogP) is 5.05. The first kappa shape index (κ1) is 14.8. The van der Waals surface area contributed by atoms with E-state index in [1.54, 1.807) is 24.3 Å². The second-order valence-electron chi connectivity index (χ2n) is 4.58. The van der Waals surface area contributed by atoms with Gasteiger partial charge in [0.1, 0.15) is 0 Å². The molecule has 0 bridgehead atoms. The van der Waals surface area contributed by atoms with Crippen molar-refractivity contribution >= 4 is 28.9 Å². The lowest BCUT2D eigenvalue weighted by atomic mass is 9.93. The van der Waals surface area contributed by atoms with Gasteiger partial charge in [0.05, 0.1) is 15.0 Å². The Labute approximate surface area is 127 Å². The van der Waals surface area contributed by atoms with Crippen molar-refractivity contribution in [3.63, 3.8) is 0 Å². The van der Waals surface area contributed by atoms with Crippen molar-refractivity contribution in [2.24, 2.45) is 0 Å². The molecule has 0 fully saturated rings. The minimum absolute atomic E-state index is 0.0914. The Hall–Kier alpha value is -1.58. The summed E-state index contributed by atoms with van der Waals surface area (Å²) in [6, 6.07) is 13.1. The summed E-state index contributed by atoms with van der Waals surface area (Å²) in [5, 5.41) is 11.6. The number of nitro groups is 1. The molecule has 1 atom stereocenters. The third kappa shape index (κ3) is 3.30. The van der Waals surface area contributed by atoms with Gasteiger partial charge in [-0.2, -0.15) is 0 Å². The molecule has 0 spiro atoms. The van der Waals surface area contributed by atoms with Crippen LogP contribution < -0.4 is 0 Å². The Balaban J connectivity index is 2.17. The molecule has 5 heteroatoms. The van der Waals surface area contributed by atoms with Crippen LogP contribution in [0.5, 0.6) is 0 Å². The first-order valence-corrected chi connectivity index (χ1v) is 6.83. The van der Waals surface area contributed by atoms with Crippen LogP contribution in [-0.2, 0) is 6.42 Å². The van der Waals surface area contributed by atoms with Crippen LogP contribution in [0.4, 0.5) is 5.69 Å². The fraction of sp³-hybridized carbons (Fsp3) is 0.200. The topological polar surface area (TPSA) is 43.1 Å². The highest BCUT2D eigenvalue weighted by atomic mass is 35.5. The first-order chi connectivity index (χ1) is 9.49.